The Balaban J connectivity index is 1.59. The lowest BCUT2D eigenvalue weighted by Gasteiger charge is -2.42. The highest BCUT2D eigenvalue weighted by Crippen LogP contribution is 2.37. The number of ether oxygens (including phenoxy) is 1. The monoisotopic (exact) mass is 443 g/mol. The van der Waals surface area contributed by atoms with Crippen molar-refractivity contribution in [3.63, 3.8) is 0 Å². The van der Waals surface area contributed by atoms with Crippen molar-refractivity contribution in [3.8, 4) is 5.75 Å². The Hall–Kier alpha value is -4.13. The van der Waals surface area contributed by atoms with Gasteiger partial charge in [-0.05, 0) is 57.2 Å². The van der Waals surface area contributed by atoms with Crippen molar-refractivity contribution in [2.24, 2.45) is 0 Å². The Morgan fingerprint density at radius 2 is 1.58 bits per heavy atom. The smallest absolute Gasteiger partial charge is 0.268 e. The standard InChI is InChI=1S/C26H25N3O4/c1-17(24(31)29-21-15-9-8-14-20(21)28-25(32)26(29,2)3)33-22-16-10-7-13-19(22)23(30)27-18-11-5-4-6-12-18/h4-17H,1-3H3,(H,27,30)(H,28,32)/t17-/m1/s1. The molecular formula is C26H25N3O4. The van der Waals surface area contributed by atoms with Crippen molar-refractivity contribution < 1.29 is 19.1 Å². The van der Waals surface area contributed by atoms with Gasteiger partial charge >= 0.3 is 0 Å². The second-order valence-electron chi connectivity index (χ2n) is 8.28. The maximum absolute atomic E-state index is 13.5. The molecule has 1 aliphatic rings. The van der Waals surface area contributed by atoms with Crippen molar-refractivity contribution in [3.05, 3.63) is 84.4 Å². The van der Waals surface area contributed by atoms with E-state index in [9.17, 15) is 14.4 Å². The van der Waals surface area contributed by atoms with Crippen molar-refractivity contribution in [2.45, 2.75) is 32.4 Å². The zero-order chi connectivity index (χ0) is 23.6. The summed E-state index contributed by atoms with van der Waals surface area (Å²) in [5, 5.41) is 5.67. The molecule has 0 aromatic heterocycles. The summed E-state index contributed by atoms with van der Waals surface area (Å²) in [7, 11) is 0. The molecule has 0 aliphatic carbocycles. The third-order valence-electron chi connectivity index (χ3n) is 5.54. The number of carbonyl (C=O) groups is 3. The fourth-order valence-corrected chi connectivity index (χ4v) is 3.75. The van der Waals surface area contributed by atoms with Gasteiger partial charge in [-0.25, -0.2) is 0 Å². The highest BCUT2D eigenvalue weighted by Gasteiger charge is 2.45. The van der Waals surface area contributed by atoms with E-state index in [-0.39, 0.29) is 23.5 Å². The molecule has 7 nitrogen and oxygen atoms in total. The van der Waals surface area contributed by atoms with Gasteiger partial charge in [0.15, 0.2) is 6.10 Å². The number of hydrogen-bond acceptors (Lipinski definition) is 4. The van der Waals surface area contributed by atoms with Crippen molar-refractivity contribution in [2.75, 3.05) is 15.5 Å². The number of benzene rings is 3. The molecule has 168 valence electrons. The predicted molar refractivity (Wildman–Crippen MR) is 128 cm³/mol. The third kappa shape index (κ3) is 4.30. The summed E-state index contributed by atoms with van der Waals surface area (Å²) < 4.78 is 5.98. The molecule has 7 heteroatoms. The molecule has 33 heavy (non-hydrogen) atoms. The number of amides is 3. The van der Waals surface area contributed by atoms with Gasteiger partial charge in [0.2, 0.25) is 5.91 Å². The number of anilines is 3. The molecule has 2 N–H and O–H groups in total. The van der Waals surface area contributed by atoms with Gasteiger partial charge in [-0.2, -0.15) is 0 Å². The summed E-state index contributed by atoms with van der Waals surface area (Å²) >= 11 is 0. The second-order valence-corrected chi connectivity index (χ2v) is 8.28. The maximum atomic E-state index is 13.5. The molecule has 3 aromatic rings. The topological polar surface area (TPSA) is 87.7 Å². The lowest BCUT2D eigenvalue weighted by Crippen LogP contribution is -2.60. The predicted octanol–water partition coefficient (Wildman–Crippen LogP) is 4.47. The van der Waals surface area contributed by atoms with Crippen LogP contribution in [0, 0.1) is 0 Å². The molecule has 0 radical (unpaired) electrons. The summed E-state index contributed by atoms with van der Waals surface area (Å²) in [6.07, 6.45) is -0.950. The minimum Gasteiger partial charge on any atom is -0.480 e. The van der Waals surface area contributed by atoms with E-state index in [0.29, 0.717) is 22.6 Å². The molecule has 0 fully saturated rings. The van der Waals surface area contributed by atoms with Crippen LogP contribution in [0.5, 0.6) is 5.75 Å². The second kappa shape index (κ2) is 8.78. The van der Waals surface area contributed by atoms with E-state index in [1.165, 1.54) is 4.90 Å². The largest absolute Gasteiger partial charge is 0.480 e. The van der Waals surface area contributed by atoms with Gasteiger partial charge in [0.25, 0.3) is 11.8 Å². The molecule has 0 saturated heterocycles. The van der Waals surface area contributed by atoms with E-state index >= 15 is 0 Å². The Morgan fingerprint density at radius 3 is 2.33 bits per heavy atom. The number of rotatable bonds is 5. The van der Waals surface area contributed by atoms with Gasteiger partial charge in [0.05, 0.1) is 16.9 Å². The van der Waals surface area contributed by atoms with Gasteiger partial charge in [0.1, 0.15) is 11.3 Å². The van der Waals surface area contributed by atoms with E-state index in [1.54, 1.807) is 81.4 Å². The molecule has 4 rings (SSSR count). The first kappa shape index (κ1) is 22.1. The SMILES string of the molecule is C[C@@H](Oc1ccccc1C(=O)Nc1ccccc1)C(=O)N1c2ccccc2NC(=O)C1(C)C. The number of nitrogens with one attached hydrogen (secondary N) is 2. The molecule has 1 heterocycles. The van der Waals surface area contributed by atoms with Crippen LogP contribution in [-0.2, 0) is 9.59 Å². The van der Waals surface area contributed by atoms with Gasteiger partial charge < -0.3 is 15.4 Å². The van der Waals surface area contributed by atoms with Crippen LogP contribution in [0.25, 0.3) is 0 Å². The number of fused-ring (bicyclic) bond motifs is 1. The molecule has 3 amide bonds. The minimum absolute atomic E-state index is 0.277. The number of para-hydroxylation sites is 4. The first-order chi connectivity index (χ1) is 15.8. The van der Waals surface area contributed by atoms with Crippen molar-refractivity contribution >= 4 is 34.8 Å². The molecular weight excluding hydrogens is 418 g/mol. The third-order valence-corrected chi connectivity index (χ3v) is 5.54. The highest BCUT2D eigenvalue weighted by atomic mass is 16.5. The van der Waals surface area contributed by atoms with E-state index < -0.39 is 11.6 Å². The van der Waals surface area contributed by atoms with Crippen LogP contribution in [-0.4, -0.2) is 29.4 Å². The first-order valence-electron chi connectivity index (χ1n) is 10.7. The van der Waals surface area contributed by atoms with Crippen LogP contribution in [0.15, 0.2) is 78.9 Å². The van der Waals surface area contributed by atoms with Crippen molar-refractivity contribution in [1.29, 1.82) is 0 Å². The quantitative estimate of drug-likeness (QED) is 0.609. The van der Waals surface area contributed by atoms with E-state index in [0.717, 1.165) is 0 Å². The highest BCUT2D eigenvalue weighted by molar-refractivity contribution is 6.15. The number of carbonyl (C=O) groups excluding carboxylic acids is 3. The lowest BCUT2D eigenvalue weighted by molar-refractivity contribution is -0.130. The normalized spacial score (nSPS) is 15.1. The molecule has 0 saturated carbocycles. The van der Waals surface area contributed by atoms with Gasteiger partial charge in [0, 0.05) is 5.69 Å². The van der Waals surface area contributed by atoms with Crippen LogP contribution in [0.2, 0.25) is 0 Å². The van der Waals surface area contributed by atoms with Crippen LogP contribution >= 0.6 is 0 Å². The van der Waals surface area contributed by atoms with Gasteiger partial charge in [-0.15, -0.1) is 0 Å². The number of hydrogen-bond donors (Lipinski definition) is 2. The molecule has 3 aromatic carbocycles. The van der Waals surface area contributed by atoms with E-state index in [1.807, 2.05) is 18.2 Å². The summed E-state index contributed by atoms with van der Waals surface area (Å²) in [4.78, 5) is 40.5. The van der Waals surface area contributed by atoms with Crippen LogP contribution in [0.3, 0.4) is 0 Å². The van der Waals surface area contributed by atoms with E-state index in [2.05, 4.69) is 10.6 Å². The van der Waals surface area contributed by atoms with Crippen LogP contribution < -0.4 is 20.3 Å². The zero-order valence-electron chi connectivity index (χ0n) is 18.7. The Morgan fingerprint density at radius 1 is 0.939 bits per heavy atom. The number of nitrogens with zero attached hydrogens (tertiary/aromatic N) is 1. The summed E-state index contributed by atoms with van der Waals surface area (Å²) in [6, 6.07) is 23.0. The maximum Gasteiger partial charge on any atom is 0.268 e. The van der Waals surface area contributed by atoms with Crippen LogP contribution in [0.1, 0.15) is 31.1 Å². The molecule has 0 bridgehead atoms. The van der Waals surface area contributed by atoms with Gasteiger partial charge in [-0.3, -0.25) is 19.3 Å². The molecule has 1 aliphatic heterocycles. The fraction of sp³-hybridized carbons (Fsp3) is 0.192. The molecule has 1 atom stereocenters. The Labute approximate surface area is 192 Å². The van der Waals surface area contributed by atoms with Gasteiger partial charge in [-0.1, -0.05) is 42.5 Å². The fourth-order valence-electron chi connectivity index (χ4n) is 3.75. The summed E-state index contributed by atoms with van der Waals surface area (Å²) in [6.45, 7) is 4.98. The lowest BCUT2D eigenvalue weighted by atomic mass is 9.95. The Kier molecular flexibility index (Phi) is 5.87. The van der Waals surface area contributed by atoms with Crippen molar-refractivity contribution in [1.82, 2.24) is 0 Å². The summed E-state index contributed by atoms with van der Waals surface area (Å²) in [5.41, 5.74) is 0.992. The minimum atomic E-state index is -1.12. The molecule has 0 spiro atoms. The first-order valence-corrected chi connectivity index (χ1v) is 10.7. The van der Waals surface area contributed by atoms with Crippen LogP contribution in [0.4, 0.5) is 17.1 Å². The summed E-state index contributed by atoms with van der Waals surface area (Å²) in [5.74, 6) is -0.747. The van der Waals surface area contributed by atoms with E-state index in [4.69, 9.17) is 4.74 Å². The zero-order valence-corrected chi connectivity index (χ0v) is 18.7. The average Bonchev–Trinajstić information content (AvgIpc) is 2.80. The molecule has 0 unspecified atom stereocenters. The average molecular weight is 444 g/mol. The Bertz CT molecular complexity index is 1210.